The molecule has 2 fully saturated rings. The predicted molar refractivity (Wildman–Crippen MR) is 125 cm³/mol. The van der Waals surface area contributed by atoms with E-state index in [-0.39, 0.29) is 17.6 Å². The molecule has 2 saturated heterocycles. The number of nitrogens with zero attached hydrogens (tertiary/aromatic N) is 4. The Bertz CT molecular complexity index is 1290. The molecule has 2 atom stereocenters. The second kappa shape index (κ2) is 9.63. The third-order valence-electron chi connectivity index (χ3n) is 6.79. The zero-order chi connectivity index (χ0) is 25.3. The van der Waals surface area contributed by atoms with E-state index in [4.69, 9.17) is 0 Å². The summed E-state index contributed by atoms with van der Waals surface area (Å²) in [6.45, 7) is 2.41. The quantitative estimate of drug-likeness (QED) is 0.551. The molecule has 11 heteroatoms. The molecule has 1 N–H and O–H groups in total. The van der Waals surface area contributed by atoms with Crippen molar-refractivity contribution < 1.29 is 27.5 Å². The number of carbonyl (C=O) groups excluding carboxylic acids is 2. The van der Waals surface area contributed by atoms with Crippen LogP contribution < -0.4 is 4.74 Å². The van der Waals surface area contributed by atoms with E-state index in [1.807, 2.05) is 4.90 Å². The lowest BCUT2D eigenvalue weighted by molar-refractivity contribution is -0.274. The third-order valence-corrected chi connectivity index (χ3v) is 6.79. The highest BCUT2D eigenvalue weighted by atomic mass is 19.4. The molecule has 2 aromatic carbocycles. The van der Waals surface area contributed by atoms with Gasteiger partial charge in [0.05, 0.1) is 0 Å². The largest absolute Gasteiger partial charge is 0.573 e. The van der Waals surface area contributed by atoms with Crippen LogP contribution in [-0.2, 0) is 4.79 Å². The first kappa shape index (κ1) is 23.8. The van der Waals surface area contributed by atoms with E-state index in [0.717, 1.165) is 12.8 Å². The molecule has 0 aliphatic carbocycles. The third kappa shape index (κ3) is 5.34. The number of nitrogens with one attached hydrogen (secondary N) is 1. The maximum atomic E-state index is 13.1. The second-order valence-electron chi connectivity index (χ2n) is 9.11. The van der Waals surface area contributed by atoms with Crippen molar-refractivity contribution >= 4 is 28.9 Å². The average Bonchev–Trinajstić information content (AvgIpc) is 3.43. The van der Waals surface area contributed by atoms with E-state index in [2.05, 4.69) is 20.1 Å². The summed E-state index contributed by atoms with van der Waals surface area (Å²) in [6.07, 6.45) is -0.337. The summed E-state index contributed by atoms with van der Waals surface area (Å²) >= 11 is 0. The maximum absolute atomic E-state index is 13.1. The zero-order valence-electron chi connectivity index (χ0n) is 19.2. The van der Waals surface area contributed by atoms with Crippen molar-refractivity contribution in [2.45, 2.75) is 19.2 Å². The van der Waals surface area contributed by atoms with E-state index in [9.17, 15) is 22.8 Å². The van der Waals surface area contributed by atoms with Crippen LogP contribution in [-0.4, -0.2) is 69.6 Å². The molecular weight excluding hydrogens is 475 g/mol. The maximum Gasteiger partial charge on any atom is 0.573 e. The van der Waals surface area contributed by atoms with Gasteiger partial charge in [0.15, 0.2) is 0 Å². The van der Waals surface area contributed by atoms with Crippen LogP contribution in [0.5, 0.6) is 5.75 Å². The number of aromatic amines is 1. The molecule has 8 nitrogen and oxygen atoms in total. The number of ether oxygens (including phenoxy) is 1. The summed E-state index contributed by atoms with van der Waals surface area (Å²) < 4.78 is 41.2. The summed E-state index contributed by atoms with van der Waals surface area (Å²) in [4.78, 5) is 29.4. The van der Waals surface area contributed by atoms with Crippen LogP contribution in [0.25, 0.3) is 17.1 Å². The lowest BCUT2D eigenvalue weighted by Gasteiger charge is -2.21. The molecule has 0 spiro atoms. The van der Waals surface area contributed by atoms with Gasteiger partial charge in [0.2, 0.25) is 5.91 Å². The molecule has 0 radical (unpaired) electrons. The molecule has 2 unspecified atom stereocenters. The summed E-state index contributed by atoms with van der Waals surface area (Å²) in [5, 5.41) is 10.6. The molecule has 2 aliphatic rings. The number of alkyl halides is 3. The van der Waals surface area contributed by atoms with Gasteiger partial charge in [-0.2, -0.15) is 15.4 Å². The average molecular weight is 499 g/mol. The SMILES string of the molecule is O=C(C=Cc1cccc(OC(F)(F)F)c1)N1CCC2CN(C(=O)c3ccc4n[nH]nc4c3)CC2CC1. The van der Waals surface area contributed by atoms with Crippen molar-refractivity contribution in [1.29, 1.82) is 0 Å². The fourth-order valence-electron chi connectivity index (χ4n) is 4.98. The van der Waals surface area contributed by atoms with Crippen molar-refractivity contribution in [3.63, 3.8) is 0 Å². The molecular formula is C25H24F3N5O3. The summed E-state index contributed by atoms with van der Waals surface area (Å²) in [6, 6.07) is 10.8. The van der Waals surface area contributed by atoms with Crippen molar-refractivity contribution in [2.75, 3.05) is 26.2 Å². The molecule has 188 valence electrons. The lowest BCUT2D eigenvalue weighted by atomic mass is 9.92. The highest BCUT2D eigenvalue weighted by molar-refractivity contribution is 5.97. The number of hydrogen-bond donors (Lipinski definition) is 1. The number of hydrogen-bond acceptors (Lipinski definition) is 5. The minimum Gasteiger partial charge on any atom is -0.406 e. The molecule has 5 rings (SSSR count). The lowest BCUT2D eigenvalue weighted by Crippen LogP contribution is -2.33. The Labute approximate surface area is 204 Å². The highest BCUT2D eigenvalue weighted by Gasteiger charge is 2.37. The van der Waals surface area contributed by atoms with E-state index in [1.165, 1.54) is 30.4 Å². The minimum atomic E-state index is -4.77. The van der Waals surface area contributed by atoms with Gasteiger partial charge in [0.1, 0.15) is 16.8 Å². The van der Waals surface area contributed by atoms with Crippen LogP contribution in [0.1, 0.15) is 28.8 Å². The molecule has 0 bridgehead atoms. The van der Waals surface area contributed by atoms with Gasteiger partial charge in [-0.05, 0) is 66.6 Å². The first-order valence-corrected chi connectivity index (χ1v) is 11.7. The standard InChI is InChI=1S/C25H24F3N5O3/c26-25(27,28)36-20-3-1-2-16(12-20)4-7-23(34)32-10-8-18-14-33(15-19(18)9-11-32)24(35)17-5-6-21-22(13-17)30-31-29-21/h1-7,12-13,18-19H,8-11,14-15H2,(H,29,30,31). The van der Waals surface area contributed by atoms with Crippen LogP contribution in [0.2, 0.25) is 0 Å². The molecule has 2 amide bonds. The first-order valence-electron chi connectivity index (χ1n) is 11.7. The van der Waals surface area contributed by atoms with Gasteiger partial charge >= 0.3 is 6.36 Å². The van der Waals surface area contributed by atoms with Crippen LogP contribution >= 0.6 is 0 Å². The van der Waals surface area contributed by atoms with Gasteiger partial charge < -0.3 is 14.5 Å². The Morgan fingerprint density at radius 1 is 0.972 bits per heavy atom. The first-order chi connectivity index (χ1) is 17.2. The van der Waals surface area contributed by atoms with Crippen molar-refractivity contribution in [1.82, 2.24) is 25.2 Å². The number of fused-ring (bicyclic) bond motifs is 2. The van der Waals surface area contributed by atoms with Gasteiger partial charge in [-0.25, -0.2) is 0 Å². The van der Waals surface area contributed by atoms with Gasteiger partial charge in [0.25, 0.3) is 5.91 Å². The van der Waals surface area contributed by atoms with Gasteiger partial charge in [-0.15, -0.1) is 13.2 Å². The normalized spacial score (nSPS) is 20.5. The second-order valence-corrected chi connectivity index (χ2v) is 9.11. The number of likely N-dealkylation sites (tertiary alicyclic amines) is 2. The smallest absolute Gasteiger partial charge is 0.406 e. The fourth-order valence-corrected chi connectivity index (χ4v) is 4.98. The summed E-state index contributed by atoms with van der Waals surface area (Å²) in [5.74, 6) is 0.0664. The summed E-state index contributed by atoms with van der Waals surface area (Å²) in [7, 11) is 0. The number of aromatic nitrogens is 3. The Morgan fingerprint density at radius 3 is 2.42 bits per heavy atom. The molecule has 0 saturated carbocycles. The van der Waals surface area contributed by atoms with Gasteiger partial charge in [0, 0.05) is 37.8 Å². The number of amides is 2. The van der Waals surface area contributed by atoms with Crippen molar-refractivity contribution in [2.24, 2.45) is 11.8 Å². The van der Waals surface area contributed by atoms with E-state index in [1.54, 1.807) is 29.2 Å². The van der Waals surface area contributed by atoms with Crippen LogP contribution in [0.3, 0.4) is 0 Å². The number of H-pyrrole nitrogens is 1. The number of halogens is 3. The zero-order valence-corrected chi connectivity index (χ0v) is 19.2. The number of benzene rings is 2. The Balaban J connectivity index is 1.17. The van der Waals surface area contributed by atoms with E-state index >= 15 is 0 Å². The van der Waals surface area contributed by atoms with Crippen LogP contribution in [0, 0.1) is 11.8 Å². The summed E-state index contributed by atoms with van der Waals surface area (Å²) in [5.41, 5.74) is 2.38. The molecule has 2 aliphatic heterocycles. The minimum absolute atomic E-state index is 0.0272. The molecule has 3 aromatic rings. The molecule has 36 heavy (non-hydrogen) atoms. The Morgan fingerprint density at radius 2 is 1.69 bits per heavy atom. The molecule has 3 heterocycles. The topological polar surface area (TPSA) is 91.4 Å². The fraction of sp³-hybridized carbons (Fsp3) is 0.360. The highest BCUT2D eigenvalue weighted by Crippen LogP contribution is 2.33. The van der Waals surface area contributed by atoms with Crippen molar-refractivity contribution in [3.05, 3.63) is 59.7 Å². The Hall–Kier alpha value is -3.89. The van der Waals surface area contributed by atoms with Crippen molar-refractivity contribution in [3.8, 4) is 5.75 Å². The number of carbonyl (C=O) groups is 2. The van der Waals surface area contributed by atoms with Crippen LogP contribution in [0.4, 0.5) is 13.2 Å². The molecule has 1 aromatic heterocycles. The van der Waals surface area contributed by atoms with E-state index in [0.29, 0.717) is 60.2 Å². The Kier molecular flexibility index (Phi) is 6.38. The van der Waals surface area contributed by atoms with Gasteiger partial charge in [-0.3, -0.25) is 9.59 Å². The predicted octanol–water partition coefficient (Wildman–Crippen LogP) is 3.88. The monoisotopic (exact) mass is 499 g/mol. The van der Waals surface area contributed by atoms with Crippen LogP contribution in [0.15, 0.2) is 48.5 Å². The van der Waals surface area contributed by atoms with E-state index < -0.39 is 6.36 Å². The number of rotatable bonds is 4. The van der Waals surface area contributed by atoms with Gasteiger partial charge in [-0.1, -0.05) is 12.1 Å².